The highest BCUT2D eigenvalue weighted by molar-refractivity contribution is 4.88. The van der Waals surface area contributed by atoms with Gasteiger partial charge in [-0.15, -0.1) is 0 Å². The lowest BCUT2D eigenvalue weighted by Crippen LogP contribution is -2.44. The van der Waals surface area contributed by atoms with Crippen LogP contribution in [0.4, 0.5) is 0 Å². The average Bonchev–Trinajstić information content (AvgIpc) is 2.50. The molecule has 2 aliphatic rings. The Bertz CT molecular complexity index is 138. The lowest BCUT2D eigenvalue weighted by Gasteiger charge is -2.36. The van der Waals surface area contributed by atoms with Gasteiger partial charge in [-0.05, 0) is 32.2 Å². The summed E-state index contributed by atoms with van der Waals surface area (Å²) in [4.78, 5) is 2.52. The molecule has 0 aromatic heterocycles. The number of hydrogen-bond acceptors (Lipinski definition) is 2. The normalized spacial score (nSPS) is 39.0. The van der Waals surface area contributed by atoms with Gasteiger partial charge in [0.05, 0.1) is 6.61 Å². The van der Waals surface area contributed by atoms with Crippen molar-refractivity contribution < 1.29 is 5.11 Å². The predicted octanol–water partition coefficient (Wildman–Crippen LogP) is 0.996. The van der Waals surface area contributed by atoms with E-state index in [1.807, 2.05) is 0 Å². The summed E-state index contributed by atoms with van der Waals surface area (Å²) < 4.78 is 0. The third-order valence-electron chi connectivity index (χ3n) is 3.18. The summed E-state index contributed by atoms with van der Waals surface area (Å²) in [6.45, 7) is 1.60. The largest absolute Gasteiger partial charge is 0.395 e. The molecule has 11 heavy (non-hydrogen) atoms. The van der Waals surface area contributed by atoms with Gasteiger partial charge >= 0.3 is 0 Å². The van der Waals surface area contributed by atoms with Crippen LogP contribution in [0.5, 0.6) is 0 Å². The molecule has 0 aromatic rings. The number of nitrogens with zero attached hydrogens (tertiary/aromatic N) is 1. The maximum atomic E-state index is 9.10. The van der Waals surface area contributed by atoms with Crippen LogP contribution in [0.25, 0.3) is 0 Å². The summed E-state index contributed by atoms with van der Waals surface area (Å²) >= 11 is 0. The van der Waals surface area contributed by atoms with Gasteiger partial charge in [0.15, 0.2) is 0 Å². The first-order chi connectivity index (χ1) is 5.42. The summed E-state index contributed by atoms with van der Waals surface area (Å²) in [6, 6.07) is 1.32. The highest BCUT2D eigenvalue weighted by Crippen LogP contribution is 2.30. The van der Waals surface area contributed by atoms with E-state index in [2.05, 4.69) is 4.90 Å². The molecule has 0 amide bonds. The lowest BCUT2D eigenvalue weighted by atomic mass is 9.97. The lowest BCUT2D eigenvalue weighted by molar-refractivity contribution is 0.0735. The Kier molecular flexibility index (Phi) is 2.14. The van der Waals surface area contributed by atoms with Crippen molar-refractivity contribution in [3.05, 3.63) is 0 Å². The third kappa shape index (κ3) is 1.30. The Hall–Kier alpha value is -0.0800. The molecule has 2 rings (SSSR count). The molecule has 2 fully saturated rings. The molecule has 2 aliphatic heterocycles. The Morgan fingerprint density at radius 2 is 2.00 bits per heavy atom. The molecule has 0 unspecified atom stereocenters. The van der Waals surface area contributed by atoms with E-state index in [9.17, 15) is 0 Å². The van der Waals surface area contributed by atoms with E-state index < -0.39 is 0 Å². The second-order valence-corrected chi connectivity index (χ2v) is 3.80. The minimum Gasteiger partial charge on any atom is -0.395 e. The number of rotatable bonds is 1. The van der Waals surface area contributed by atoms with Crippen molar-refractivity contribution in [1.29, 1.82) is 0 Å². The SMILES string of the molecule is OC[C@@H]1CCC[C@@H]2CCCN21. The topological polar surface area (TPSA) is 23.5 Å². The van der Waals surface area contributed by atoms with E-state index in [4.69, 9.17) is 5.11 Å². The van der Waals surface area contributed by atoms with Crippen LogP contribution in [0, 0.1) is 0 Å². The zero-order valence-electron chi connectivity index (χ0n) is 7.00. The highest BCUT2D eigenvalue weighted by atomic mass is 16.3. The van der Waals surface area contributed by atoms with E-state index in [0.29, 0.717) is 12.6 Å². The first-order valence-corrected chi connectivity index (χ1v) is 4.78. The molecule has 2 heteroatoms. The van der Waals surface area contributed by atoms with E-state index in [0.717, 1.165) is 6.04 Å². The first kappa shape index (κ1) is 7.56. The summed E-state index contributed by atoms with van der Waals surface area (Å²) in [6.07, 6.45) is 6.63. The number of aliphatic hydroxyl groups is 1. The van der Waals surface area contributed by atoms with Crippen molar-refractivity contribution in [1.82, 2.24) is 4.90 Å². The van der Waals surface area contributed by atoms with Crippen molar-refractivity contribution in [3.8, 4) is 0 Å². The monoisotopic (exact) mass is 155 g/mol. The van der Waals surface area contributed by atoms with Crippen molar-refractivity contribution >= 4 is 0 Å². The molecule has 0 radical (unpaired) electrons. The molecule has 2 saturated heterocycles. The molecular weight excluding hydrogens is 138 g/mol. The van der Waals surface area contributed by atoms with Crippen molar-refractivity contribution in [2.24, 2.45) is 0 Å². The molecule has 2 heterocycles. The Balaban J connectivity index is 2.00. The quantitative estimate of drug-likeness (QED) is 0.610. The third-order valence-corrected chi connectivity index (χ3v) is 3.18. The van der Waals surface area contributed by atoms with Crippen LogP contribution in [0.2, 0.25) is 0 Å². The van der Waals surface area contributed by atoms with Gasteiger partial charge < -0.3 is 5.11 Å². The number of fused-ring (bicyclic) bond motifs is 1. The smallest absolute Gasteiger partial charge is 0.0586 e. The number of hydrogen-bond donors (Lipinski definition) is 1. The van der Waals surface area contributed by atoms with Gasteiger partial charge in [0.25, 0.3) is 0 Å². The predicted molar refractivity (Wildman–Crippen MR) is 44.5 cm³/mol. The van der Waals surface area contributed by atoms with Crippen LogP contribution in [0.15, 0.2) is 0 Å². The summed E-state index contributed by atoms with van der Waals surface area (Å²) in [5.41, 5.74) is 0. The van der Waals surface area contributed by atoms with Crippen LogP contribution in [0.3, 0.4) is 0 Å². The molecule has 0 spiro atoms. The molecule has 0 aliphatic carbocycles. The van der Waals surface area contributed by atoms with Gasteiger partial charge in [-0.25, -0.2) is 0 Å². The van der Waals surface area contributed by atoms with Gasteiger partial charge in [0.1, 0.15) is 0 Å². The standard InChI is InChI=1S/C9H17NO/c11-7-9-4-1-3-8-5-2-6-10(8)9/h8-9,11H,1-7H2/t8-,9+/m1/s1. The second-order valence-electron chi connectivity index (χ2n) is 3.80. The van der Waals surface area contributed by atoms with Crippen LogP contribution < -0.4 is 0 Å². The van der Waals surface area contributed by atoms with Gasteiger partial charge in [-0.3, -0.25) is 4.90 Å². The van der Waals surface area contributed by atoms with Gasteiger partial charge in [-0.1, -0.05) is 6.42 Å². The molecule has 0 saturated carbocycles. The Labute approximate surface area is 68.2 Å². The Morgan fingerprint density at radius 1 is 1.18 bits per heavy atom. The van der Waals surface area contributed by atoms with E-state index in [-0.39, 0.29) is 0 Å². The first-order valence-electron chi connectivity index (χ1n) is 4.78. The average molecular weight is 155 g/mol. The van der Waals surface area contributed by atoms with Gasteiger partial charge in [0.2, 0.25) is 0 Å². The minimum atomic E-state index is 0.372. The molecular formula is C9H17NO. The van der Waals surface area contributed by atoms with E-state index >= 15 is 0 Å². The number of piperidine rings is 1. The summed E-state index contributed by atoms with van der Waals surface area (Å²) in [7, 11) is 0. The van der Waals surface area contributed by atoms with Crippen LogP contribution in [-0.4, -0.2) is 35.2 Å². The van der Waals surface area contributed by atoms with Crippen molar-refractivity contribution in [3.63, 3.8) is 0 Å². The Morgan fingerprint density at radius 3 is 2.82 bits per heavy atom. The van der Waals surface area contributed by atoms with Crippen LogP contribution in [0.1, 0.15) is 32.1 Å². The second kappa shape index (κ2) is 3.11. The summed E-state index contributed by atoms with van der Waals surface area (Å²) in [5.74, 6) is 0. The zero-order valence-corrected chi connectivity index (χ0v) is 7.00. The molecule has 1 N–H and O–H groups in total. The number of aliphatic hydroxyl groups excluding tert-OH is 1. The molecule has 0 aromatic carbocycles. The van der Waals surface area contributed by atoms with Crippen LogP contribution in [-0.2, 0) is 0 Å². The maximum absolute atomic E-state index is 9.10. The summed E-state index contributed by atoms with van der Waals surface area (Å²) in [5, 5.41) is 9.10. The fourth-order valence-corrected chi connectivity index (χ4v) is 2.60. The van der Waals surface area contributed by atoms with Crippen molar-refractivity contribution in [2.45, 2.75) is 44.2 Å². The zero-order chi connectivity index (χ0) is 7.68. The fraction of sp³-hybridized carbons (Fsp3) is 1.00. The minimum absolute atomic E-state index is 0.372. The maximum Gasteiger partial charge on any atom is 0.0586 e. The highest BCUT2D eigenvalue weighted by Gasteiger charge is 2.32. The molecule has 0 bridgehead atoms. The van der Waals surface area contributed by atoms with E-state index in [1.165, 1.54) is 38.6 Å². The fourth-order valence-electron chi connectivity index (χ4n) is 2.60. The van der Waals surface area contributed by atoms with Gasteiger partial charge in [0, 0.05) is 12.1 Å². The van der Waals surface area contributed by atoms with Crippen molar-refractivity contribution in [2.75, 3.05) is 13.2 Å². The molecule has 2 atom stereocenters. The van der Waals surface area contributed by atoms with Crippen LogP contribution >= 0.6 is 0 Å². The van der Waals surface area contributed by atoms with E-state index in [1.54, 1.807) is 0 Å². The molecule has 2 nitrogen and oxygen atoms in total. The molecule has 64 valence electrons. The van der Waals surface area contributed by atoms with Gasteiger partial charge in [-0.2, -0.15) is 0 Å².